The van der Waals surface area contributed by atoms with E-state index in [1.165, 1.54) is 32.4 Å². The smallest absolute Gasteiger partial charge is 0.0271 e. The first-order chi connectivity index (χ1) is 7.04. The zero-order valence-corrected chi connectivity index (χ0v) is 10.7. The van der Waals surface area contributed by atoms with E-state index in [9.17, 15) is 0 Å². The third-order valence-electron chi connectivity index (χ3n) is 4.55. The number of nitrogens with one attached hydrogen (secondary N) is 1. The molecular weight excluding hydrogens is 184 g/mol. The maximum Gasteiger partial charge on any atom is 0.0271 e. The van der Waals surface area contributed by atoms with Crippen LogP contribution in [0.15, 0.2) is 0 Å². The lowest BCUT2D eigenvalue weighted by Gasteiger charge is -2.35. The fourth-order valence-corrected chi connectivity index (χ4v) is 3.61. The third-order valence-corrected chi connectivity index (χ3v) is 4.55. The van der Waals surface area contributed by atoms with E-state index in [0.717, 1.165) is 12.0 Å². The van der Waals surface area contributed by atoms with Crippen LogP contribution in [0.4, 0.5) is 0 Å². The molecule has 0 amide bonds. The van der Waals surface area contributed by atoms with E-state index in [4.69, 9.17) is 0 Å². The molecule has 2 rings (SSSR count). The van der Waals surface area contributed by atoms with E-state index < -0.39 is 0 Å². The van der Waals surface area contributed by atoms with Crippen LogP contribution in [0.2, 0.25) is 0 Å². The topological polar surface area (TPSA) is 15.3 Å². The average Bonchev–Trinajstić information content (AvgIpc) is 2.69. The maximum atomic E-state index is 3.55. The van der Waals surface area contributed by atoms with Crippen LogP contribution >= 0.6 is 0 Å². The van der Waals surface area contributed by atoms with Crippen molar-refractivity contribution in [2.75, 3.05) is 20.1 Å². The van der Waals surface area contributed by atoms with Crippen LogP contribution in [-0.4, -0.2) is 37.1 Å². The van der Waals surface area contributed by atoms with Gasteiger partial charge < -0.3 is 5.32 Å². The quantitative estimate of drug-likeness (QED) is 0.751. The van der Waals surface area contributed by atoms with Gasteiger partial charge in [-0.05, 0) is 44.2 Å². The van der Waals surface area contributed by atoms with Crippen LogP contribution in [0, 0.1) is 11.3 Å². The molecule has 1 N–H and O–H groups in total. The standard InChI is InChI=1S/C13H26N2/c1-10-6-8-15(9-10)11-5-7-13(2,3)12(11)14-4/h10-12,14H,5-9H2,1-4H3. The SMILES string of the molecule is CNC1C(N2CCC(C)C2)CCC1(C)C. The summed E-state index contributed by atoms with van der Waals surface area (Å²) in [5, 5.41) is 3.55. The van der Waals surface area contributed by atoms with Crippen molar-refractivity contribution in [2.24, 2.45) is 11.3 Å². The van der Waals surface area contributed by atoms with E-state index >= 15 is 0 Å². The summed E-state index contributed by atoms with van der Waals surface area (Å²) in [5.74, 6) is 0.909. The zero-order valence-electron chi connectivity index (χ0n) is 10.7. The minimum absolute atomic E-state index is 0.477. The maximum absolute atomic E-state index is 3.55. The fourth-order valence-electron chi connectivity index (χ4n) is 3.61. The Hall–Kier alpha value is -0.0800. The lowest BCUT2D eigenvalue weighted by molar-refractivity contribution is 0.173. The molecule has 1 saturated carbocycles. The highest BCUT2D eigenvalue weighted by molar-refractivity contribution is 5.01. The predicted molar refractivity (Wildman–Crippen MR) is 65.0 cm³/mol. The first kappa shape index (κ1) is 11.4. The second-order valence-electron chi connectivity index (χ2n) is 6.25. The molecule has 0 aromatic rings. The van der Waals surface area contributed by atoms with Gasteiger partial charge in [0.25, 0.3) is 0 Å². The molecule has 15 heavy (non-hydrogen) atoms. The van der Waals surface area contributed by atoms with Crippen molar-refractivity contribution in [2.45, 2.75) is 52.1 Å². The minimum Gasteiger partial charge on any atom is -0.315 e. The van der Waals surface area contributed by atoms with Crippen molar-refractivity contribution in [3.8, 4) is 0 Å². The van der Waals surface area contributed by atoms with Gasteiger partial charge in [-0.2, -0.15) is 0 Å². The summed E-state index contributed by atoms with van der Waals surface area (Å²) in [5.41, 5.74) is 0.477. The second-order valence-corrected chi connectivity index (χ2v) is 6.25. The molecule has 3 unspecified atom stereocenters. The fraction of sp³-hybridized carbons (Fsp3) is 1.00. The van der Waals surface area contributed by atoms with Crippen molar-refractivity contribution >= 4 is 0 Å². The summed E-state index contributed by atoms with van der Waals surface area (Å²) in [4.78, 5) is 2.72. The minimum atomic E-state index is 0.477. The summed E-state index contributed by atoms with van der Waals surface area (Å²) in [7, 11) is 2.13. The highest BCUT2D eigenvalue weighted by atomic mass is 15.2. The predicted octanol–water partition coefficient (Wildman–Crippen LogP) is 2.10. The Morgan fingerprint density at radius 3 is 2.53 bits per heavy atom. The highest BCUT2D eigenvalue weighted by Crippen LogP contribution is 2.40. The van der Waals surface area contributed by atoms with Gasteiger partial charge >= 0.3 is 0 Å². The largest absolute Gasteiger partial charge is 0.315 e. The molecule has 2 fully saturated rings. The van der Waals surface area contributed by atoms with E-state index in [0.29, 0.717) is 11.5 Å². The first-order valence-electron chi connectivity index (χ1n) is 6.46. The Morgan fingerprint density at radius 2 is 2.00 bits per heavy atom. The molecule has 88 valence electrons. The normalized spacial score (nSPS) is 41.2. The Balaban J connectivity index is 2.04. The average molecular weight is 210 g/mol. The number of likely N-dealkylation sites (tertiary alicyclic amines) is 1. The Kier molecular flexibility index (Phi) is 3.09. The second kappa shape index (κ2) is 4.06. The Morgan fingerprint density at radius 1 is 1.27 bits per heavy atom. The van der Waals surface area contributed by atoms with Gasteiger partial charge in [-0.25, -0.2) is 0 Å². The van der Waals surface area contributed by atoms with Crippen molar-refractivity contribution in [1.82, 2.24) is 10.2 Å². The van der Waals surface area contributed by atoms with Crippen molar-refractivity contribution < 1.29 is 0 Å². The molecule has 0 aromatic heterocycles. The van der Waals surface area contributed by atoms with Crippen molar-refractivity contribution in [3.05, 3.63) is 0 Å². The van der Waals surface area contributed by atoms with Gasteiger partial charge in [0.1, 0.15) is 0 Å². The summed E-state index contributed by atoms with van der Waals surface area (Å²) in [6.45, 7) is 9.84. The molecule has 1 aliphatic heterocycles. The van der Waals surface area contributed by atoms with Crippen LogP contribution in [0.5, 0.6) is 0 Å². The lowest BCUT2D eigenvalue weighted by atomic mass is 9.86. The van der Waals surface area contributed by atoms with E-state index in [-0.39, 0.29) is 0 Å². The van der Waals surface area contributed by atoms with Crippen LogP contribution in [0.25, 0.3) is 0 Å². The number of hydrogen-bond acceptors (Lipinski definition) is 2. The molecule has 1 saturated heterocycles. The summed E-state index contributed by atoms with van der Waals surface area (Å²) in [6.07, 6.45) is 4.15. The molecule has 0 spiro atoms. The number of rotatable bonds is 2. The third kappa shape index (κ3) is 2.07. The summed E-state index contributed by atoms with van der Waals surface area (Å²) < 4.78 is 0. The number of hydrogen-bond donors (Lipinski definition) is 1. The molecule has 2 aliphatic rings. The molecule has 2 heteroatoms. The van der Waals surface area contributed by atoms with Gasteiger partial charge in [0.15, 0.2) is 0 Å². The molecule has 0 radical (unpaired) electrons. The van der Waals surface area contributed by atoms with Gasteiger partial charge in [0, 0.05) is 18.6 Å². The van der Waals surface area contributed by atoms with Gasteiger partial charge in [0.05, 0.1) is 0 Å². The van der Waals surface area contributed by atoms with E-state index in [2.05, 4.69) is 38.0 Å². The van der Waals surface area contributed by atoms with Gasteiger partial charge in [0.2, 0.25) is 0 Å². The molecule has 1 aliphatic carbocycles. The first-order valence-corrected chi connectivity index (χ1v) is 6.46. The molecule has 1 heterocycles. The molecular formula is C13H26N2. The Labute approximate surface area is 94.4 Å². The van der Waals surface area contributed by atoms with Crippen molar-refractivity contribution in [3.63, 3.8) is 0 Å². The number of likely N-dealkylation sites (N-methyl/N-ethyl adjacent to an activating group) is 1. The molecule has 2 nitrogen and oxygen atoms in total. The van der Waals surface area contributed by atoms with E-state index in [1.54, 1.807) is 0 Å². The monoisotopic (exact) mass is 210 g/mol. The summed E-state index contributed by atoms with van der Waals surface area (Å²) >= 11 is 0. The van der Waals surface area contributed by atoms with Gasteiger partial charge in [-0.3, -0.25) is 4.90 Å². The van der Waals surface area contributed by atoms with Gasteiger partial charge in [-0.1, -0.05) is 20.8 Å². The van der Waals surface area contributed by atoms with Crippen LogP contribution < -0.4 is 5.32 Å². The van der Waals surface area contributed by atoms with Crippen LogP contribution in [0.3, 0.4) is 0 Å². The summed E-state index contributed by atoms with van der Waals surface area (Å²) in [6, 6.07) is 1.47. The molecule has 0 aromatic carbocycles. The van der Waals surface area contributed by atoms with Gasteiger partial charge in [-0.15, -0.1) is 0 Å². The zero-order chi connectivity index (χ0) is 11.1. The highest BCUT2D eigenvalue weighted by Gasteiger charge is 2.44. The van der Waals surface area contributed by atoms with Crippen LogP contribution in [0.1, 0.15) is 40.0 Å². The molecule has 3 atom stereocenters. The van der Waals surface area contributed by atoms with Crippen LogP contribution in [-0.2, 0) is 0 Å². The number of nitrogens with zero attached hydrogens (tertiary/aromatic N) is 1. The molecule has 0 bridgehead atoms. The van der Waals surface area contributed by atoms with Crippen molar-refractivity contribution in [1.29, 1.82) is 0 Å². The Bertz CT molecular complexity index is 225. The van der Waals surface area contributed by atoms with E-state index in [1.807, 2.05) is 0 Å². The lowest BCUT2D eigenvalue weighted by Crippen LogP contribution is -2.49.